The van der Waals surface area contributed by atoms with Gasteiger partial charge in [-0.05, 0) is 53.4 Å². The van der Waals surface area contributed by atoms with Gasteiger partial charge in [-0.15, -0.1) is 0 Å². The Balaban J connectivity index is 1.52. The summed E-state index contributed by atoms with van der Waals surface area (Å²) in [6.45, 7) is 8.57. The van der Waals surface area contributed by atoms with Gasteiger partial charge in [-0.2, -0.15) is 0 Å². The van der Waals surface area contributed by atoms with Gasteiger partial charge in [0.1, 0.15) is 17.8 Å². The number of benzene rings is 1. The lowest BCUT2D eigenvalue weighted by molar-refractivity contribution is 0.285. The first-order valence-corrected chi connectivity index (χ1v) is 10.5. The highest BCUT2D eigenvalue weighted by Gasteiger charge is 2.37. The van der Waals surface area contributed by atoms with Crippen molar-refractivity contribution in [3.05, 3.63) is 53.0 Å². The summed E-state index contributed by atoms with van der Waals surface area (Å²) in [4.78, 5) is 14.3. The molecule has 0 spiro atoms. The number of anilines is 3. The number of aromatic amines is 1. The lowest BCUT2D eigenvalue weighted by Crippen LogP contribution is -2.46. The Kier molecular flexibility index (Phi) is 5.23. The van der Waals surface area contributed by atoms with Gasteiger partial charge in [0.05, 0.1) is 16.8 Å². The average Bonchev–Trinajstić information content (AvgIpc) is 3.11. The van der Waals surface area contributed by atoms with Crippen LogP contribution in [0.4, 0.5) is 17.2 Å². The van der Waals surface area contributed by atoms with Crippen LogP contribution in [0, 0.1) is 12.3 Å². The molecule has 152 valence electrons. The number of aromatic nitrogens is 3. The number of nitrogens with one attached hydrogen (secondary N) is 2. The molecule has 29 heavy (non-hydrogen) atoms. The van der Waals surface area contributed by atoms with E-state index in [9.17, 15) is 0 Å². The van der Waals surface area contributed by atoms with Crippen molar-refractivity contribution in [1.82, 2.24) is 15.0 Å². The molecule has 1 aliphatic heterocycles. The van der Waals surface area contributed by atoms with Gasteiger partial charge >= 0.3 is 0 Å². The second kappa shape index (κ2) is 7.68. The Labute approximate surface area is 178 Å². The first-order chi connectivity index (χ1) is 13.9. The van der Waals surface area contributed by atoms with Gasteiger partial charge in [-0.1, -0.05) is 12.6 Å². The molecule has 1 aliphatic rings. The van der Waals surface area contributed by atoms with Crippen molar-refractivity contribution in [3.63, 3.8) is 0 Å². The number of rotatable bonds is 5. The fourth-order valence-corrected chi connectivity index (χ4v) is 4.50. The summed E-state index contributed by atoms with van der Waals surface area (Å²) in [6.07, 6.45) is 5.27. The summed E-state index contributed by atoms with van der Waals surface area (Å²) >= 11 is 3.60. The first-order valence-electron chi connectivity index (χ1n) is 9.69. The third-order valence-corrected chi connectivity index (χ3v) is 6.57. The lowest BCUT2D eigenvalue weighted by atomic mass is 9.75. The zero-order valence-electron chi connectivity index (χ0n) is 16.5. The summed E-state index contributed by atoms with van der Waals surface area (Å²) in [5, 5.41) is 4.44. The van der Waals surface area contributed by atoms with E-state index in [1.165, 1.54) is 0 Å². The molecule has 0 radical (unpaired) electrons. The van der Waals surface area contributed by atoms with E-state index >= 15 is 0 Å². The van der Waals surface area contributed by atoms with Crippen molar-refractivity contribution >= 4 is 44.2 Å². The quantitative estimate of drug-likeness (QED) is 0.435. The van der Waals surface area contributed by atoms with E-state index in [1.54, 1.807) is 6.33 Å². The predicted molar refractivity (Wildman–Crippen MR) is 123 cm³/mol. The van der Waals surface area contributed by atoms with E-state index in [0.717, 1.165) is 69.9 Å². The van der Waals surface area contributed by atoms with Crippen LogP contribution in [-0.4, -0.2) is 34.6 Å². The van der Waals surface area contributed by atoms with E-state index in [-0.39, 0.29) is 5.41 Å². The molecule has 3 heterocycles. The minimum atomic E-state index is -0.185. The number of nitrogen functional groups attached to an aromatic ring is 1. The van der Waals surface area contributed by atoms with Gasteiger partial charge in [0.15, 0.2) is 0 Å². The third-order valence-electron chi connectivity index (χ3n) is 5.95. The number of halogens is 1. The number of piperidine rings is 1. The molecular weight excluding hydrogens is 430 g/mol. The van der Waals surface area contributed by atoms with Crippen molar-refractivity contribution in [3.8, 4) is 0 Å². The van der Waals surface area contributed by atoms with Gasteiger partial charge in [0.2, 0.25) is 0 Å². The van der Waals surface area contributed by atoms with Crippen LogP contribution in [0.2, 0.25) is 0 Å². The Bertz CT molecular complexity index is 1050. The van der Waals surface area contributed by atoms with Crippen LogP contribution in [0.1, 0.15) is 18.4 Å². The Morgan fingerprint density at radius 2 is 2.10 bits per heavy atom. The molecule has 0 unspecified atom stereocenters. The number of hydrogen-bond donors (Lipinski definition) is 4. The first kappa shape index (κ1) is 19.7. The van der Waals surface area contributed by atoms with Crippen molar-refractivity contribution in [2.45, 2.75) is 19.8 Å². The zero-order chi connectivity index (χ0) is 20.6. The van der Waals surface area contributed by atoms with Crippen LogP contribution < -0.4 is 21.7 Å². The van der Waals surface area contributed by atoms with E-state index in [0.29, 0.717) is 6.54 Å². The molecule has 1 aromatic carbocycles. The smallest absolute Gasteiger partial charge is 0.144 e. The minimum Gasteiger partial charge on any atom is -0.397 e. The maximum atomic E-state index is 6.25. The van der Waals surface area contributed by atoms with E-state index in [1.807, 2.05) is 31.3 Å². The van der Waals surface area contributed by atoms with Crippen molar-refractivity contribution in [1.29, 1.82) is 0 Å². The van der Waals surface area contributed by atoms with Crippen molar-refractivity contribution in [2.75, 3.05) is 35.6 Å². The largest absolute Gasteiger partial charge is 0.397 e. The minimum absolute atomic E-state index is 0.185. The van der Waals surface area contributed by atoms with Gasteiger partial charge < -0.3 is 26.7 Å². The van der Waals surface area contributed by atoms with Crippen LogP contribution in [0.25, 0.3) is 11.0 Å². The number of aryl methyl sites for hydroxylation is 1. The molecule has 0 saturated carbocycles. The standard InChI is InChI=1S/C21H26BrN7/c1-13-3-4-17(16(24)9-13)28-14(2)21(11-23)5-7-29(8-6-21)20-18-15(22)10-25-19(18)26-12-27-20/h3-4,9-10,12,28H,2,5-8,11,23-24H2,1H3,(H,25,26,27). The lowest BCUT2D eigenvalue weighted by Gasteiger charge is -2.43. The topological polar surface area (TPSA) is 109 Å². The molecule has 3 aromatic rings. The summed E-state index contributed by atoms with van der Waals surface area (Å²) in [6, 6.07) is 6.00. The van der Waals surface area contributed by atoms with Crippen molar-refractivity contribution < 1.29 is 0 Å². The van der Waals surface area contributed by atoms with Gasteiger partial charge in [0.25, 0.3) is 0 Å². The summed E-state index contributed by atoms with van der Waals surface area (Å²) < 4.78 is 0.972. The molecule has 0 amide bonds. The summed E-state index contributed by atoms with van der Waals surface area (Å²) in [7, 11) is 0. The average molecular weight is 456 g/mol. The normalized spacial score (nSPS) is 16.2. The van der Waals surface area contributed by atoms with Crippen LogP contribution in [0.5, 0.6) is 0 Å². The highest BCUT2D eigenvalue weighted by atomic mass is 79.9. The van der Waals surface area contributed by atoms with Crippen LogP contribution in [0.15, 0.2) is 47.5 Å². The number of fused-ring (bicyclic) bond motifs is 1. The molecule has 1 fully saturated rings. The van der Waals surface area contributed by atoms with Gasteiger partial charge in [0, 0.05) is 41.4 Å². The van der Waals surface area contributed by atoms with E-state index in [4.69, 9.17) is 11.5 Å². The summed E-state index contributed by atoms with van der Waals surface area (Å²) in [5.74, 6) is 0.940. The second-order valence-electron chi connectivity index (χ2n) is 7.72. The molecule has 8 heteroatoms. The highest BCUT2D eigenvalue weighted by molar-refractivity contribution is 9.10. The van der Waals surface area contributed by atoms with E-state index in [2.05, 4.69) is 47.7 Å². The van der Waals surface area contributed by atoms with Crippen LogP contribution in [0.3, 0.4) is 0 Å². The van der Waals surface area contributed by atoms with Gasteiger partial charge in [-0.25, -0.2) is 9.97 Å². The number of H-pyrrole nitrogens is 1. The predicted octanol–water partition coefficient (Wildman–Crippen LogP) is 3.78. The Hall–Kier alpha value is -2.58. The summed E-state index contributed by atoms with van der Waals surface area (Å²) in [5.41, 5.74) is 16.7. The fourth-order valence-electron chi connectivity index (χ4n) is 4.02. The number of hydrogen-bond acceptors (Lipinski definition) is 6. The molecule has 7 nitrogen and oxygen atoms in total. The molecule has 1 saturated heterocycles. The van der Waals surface area contributed by atoms with Crippen LogP contribution >= 0.6 is 15.9 Å². The molecular formula is C21H26BrN7. The molecule has 0 bridgehead atoms. The molecule has 0 aliphatic carbocycles. The van der Waals surface area contributed by atoms with Crippen molar-refractivity contribution in [2.24, 2.45) is 11.1 Å². The monoisotopic (exact) mass is 455 g/mol. The van der Waals surface area contributed by atoms with Crippen LogP contribution in [-0.2, 0) is 0 Å². The zero-order valence-corrected chi connectivity index (χ0v) is 18.1. The number of nitrogens with two attached hydrogens (primary N) is 2. The molecule has 4 rings (SSSR count). The Morgan fingerprint density at radius 3 is 2.79 bits per heavy atom. The third kappa shape index (κ3) is 3.58. The maximum absolute atomic E-state index is 6.25. The fraction of sp³-hybridized carbons (Fsp3) is 0.333. The second-order valence-corrected chi connectivity index (χ2v) is 8.58. The molecule has 2 aromatic heterocycles. The maximum Gasteiger partial charge on any atom is 0.144 e. The number of nitrogens with zero attached hydrogens (tertiary/aromatic N) is 3. The molecule has 0 atom stereocenters. The Morgan fingerprint density at radius 1 is 1.34 bits per heavy atom. The SMILES string of the molecule is C=C(Nc1ccc(C)cc1N)C1(CN)CCN(c2ncnc3[nH]cc(Br)c23)CC1. The highest BCUT2D eigenvalue weighted by Crippen LogP contribution is 2.40. The van der Waals surface area contributed by atoms with Gasteiger partial charge in [-0.3, -0.25) is 0 Å². The van der Waals surface area contributed by atoms with E-state index < -0.39 is 0 Å². The molecule has 6 N–H and O–H groups in total.